The SMILES string of the molecule is NC(=O)NCC1CCCCN1C(=O)c1ccccc1F. The molecule has 1 aliphatic heterocycles. The lowest BCUT2D eigenvalue weighted by atomic mass is 10.0. The summed E-state index contributed by atoms with van der Waals surface area (Å²) >= 11 is 0. The van der Waals surface area contributed by atoms with Crippen molar-refractivity contribution in [3.63, 3.8) is 0 Å². The van der Waals surface area contributed by atoms with Gasteiger partial charge in [-0.25, -0.2) is 9.18 Å². The van der Waals surface area contributed by atoms with Crippen molar-refractivity contribution in [1.82, 2.24) is 10.2 Å². The normalized spacial score (nSPS) is 18.6. The molecule has 6 heteroatoms. The number of carbonyl (C=O) groups excluding carboxylic acids is 2. The molecule has 1 atom stereocenters. The maximum atomic E-state index is 13.7. The molecule has 1 fully saturated rings. The average molecular weight is 279 g/mol. The first kappa shape index (κ1) is 14.3. The fourth-order valence-electron chi connectivity index (χ4n) is 2.49. The van der Waals surface area contributed by atoms with Crippen molar-refractivity contribution >= 4 is 11.9 Å². The summed E-state index contributed by atoms with van der Waals surface area (Å²) in [6.07, 6.45) is 2.64. The zero-order valence-corrected chi connectivity index (χ0v) is 11.1. The van der Waals surface area contributed by atoms with Gasteiger partial charge < -0.3 is 16.0 Å². The van der Waals surface area contributed by atoms with E-state index in [0.29, 0.717) is 13.1 Å². The first-order chi connectivity index (χ1) is 9.59. The number of hydrogen-bond acceptors (Lipinski definition) is 2. The molecule has 1 aromatic rings. The second-order valence-electron chi connectivity index (χ2n) is 4.87. The van der Waals surface area contributed by atoms with Gasteiger partial charge in [-0.05, 0) is 31.4 Å². The number of carbonyl (C=O) groups is 2. The Hall–Kier alpha value is -2.11. The Balaban J connectivity index is 2.13. The number of benzene rings is 1. The Labute approximate surface area is 116 Å². The number of likely N-dealkylation sites (tertiary alicyclic amines) is 1. The second-order valence-corrected chi connectivity index (χ2v) is 4.87. The van der Waals surface area contributed by atoms with Crippen LogP contribution in [0.15, 0.2) is 24.3 Å². The number of piperidine rings is 1. The lowest BCUT2D eigenvalue weighted by molar-refractivity contribution is 0.0610. The zero-order chi connectivity index (χ0) is 14.5. The molecule has 108 valence electrons. The van der Waals surface area contributed by atoms with E-state index in [1.54, 1.807) is 17.0 Å². The first-order valence-corrected chi connectivity index (χ1v) is 6.68. The molecule has 1 saturated heterocycles. The van der Waals surface area contributed by atoms with E-state index in [-0.39, 0.29) is 17.5 Å². The van der Waals surface area contributed by atoms with Crippen molar-refractivity contribution in [3.8, 4) is 0 Å². The summed E-state index contributed by atoms with van der Waals surface area (Å²) in [4.78, 5) is 24.8. The van der Waals surface area contributed by atoms with Crippen LogP contribution in [0.25, 0.3) is 0 Å². The highest BCUT2D eigenvalue weighted by Crippen LogP contribution is 2.20. The van der Waals surface area contributed by atoms with E-state index in [2.05, 4.69) is 5.32 Å². The molecule has 0 saturated carbocycles. The molecule has 1 unspecified atom stereocenters. The lowest BCUT2D eigenvalue weighted by Gasteiger charge is -2.35. The second kappa shape index (κ2) is 6.36. The van der Waals surface area contributed by atoms with Crippen LogP contribution in [0, 0.1) is 5.82 Å². The molecule has 0 bridgehead atoms. The maximum Gasteiger partial charge on any atom is 0.312 e. The van der Waals surface area contributed by atoms with Gasteiger partial charge in [-0.2, -0.15) is 0 Å². The molecule has 0 spiro atoms. The number of hydrogen-bond donors (Lipinski definition) is 2. The topological polar surface area (TPSA) is 75.4 Å². The van der Waals surface area contributed by atoms with Crippen LogP contribution in [0.4, 0.5) is 9.18 Å². The fraction of sp³-hybridized carbons (Fsp3) is 0.429. The molecule has 20 heavy (non-hydrogen) atoms. The predicted octanol–water partition coefficient (Wildman–Crippen LogP) is 1.49. The molecular formula is C14H18FN3O2. The van der Waals surface area contributed by atoms with E-state index in [0.717, 1.165) is 19.3 Å². The van der Waals surface area contributed by atoms with Crippen LogP contribution in [0.5, 0.6) is 0 Å². The molecular weight excluding hydrogens is 261 g/mol. The Morgan fingerprint density at radius 2 is 2.10 bits per heavy atom. The van der Waals surface area contributed by atoms with Gasteiger partial charge in [-0.1, -0.05) is 12.1 Å². The van der Waals surface area contributed by atoms with Crippen LogP contribution in [0.1, 0.15) is 29.6 Å². The van der Waals surface area contributed by atoms with Crippen LogP contribution in [-0.4, -0.2) is 36.0 Å². The molecule has 0 aliphatic carbocycles. The molecule has 1 heterocycles. The number of primary amides is 1. The summed E-state index contributed by atoms with van der Waals surface area (Å²) in [5.74, 6) is -0.858. The number of amides is 3. The van der Waals surface area contributed by atoms with Crippen molar-refractivity contribution in [2.75, 3.05) is 13.1 Å². The summed E-state index contributed by atoms with van der Waals surface area (Å²) in [6, 6.07) is 5.18. The van der Waals surface area contributed by atoms with Crippen molar-refractivity contribution < 1.29 is 14.0 Å². The Morgan fingerprint density at radius 1 is 1.35 bits per heavy atom. The highest BCUT2D eigenvalue weighted by molar-refractivity contribution is 5.94. The fourth-order valence-corrected chi connectivity index (χ4v) is 2.49. The summed E-state index contributed by atoms with van der Waals surface area (Å²) in [5, 5.41) is 2.52. The van der Waals surface area contributed by atoms with Gasteiger partial charge in [0, 0.05) is 19.1 Å². The quantitative estimate of drug-likeness (QED) is 0.879. The number of nitrogens with one attached hydrogen (secondary N) is 1. The summed E-state index contributed by atoms with van der Waals surface area (Å²) < 4.78 is 13.7. The highest BCUT2D eigenvalue weighted by atomic mass is 19.1. The van der Waals surface area contributed by atoms with Gasteiger partial charge >= 0.3 is 6.03 Å². The van der Waals surface area contributed by atoms with Gasteiger partial charge in [0.25, 0.3) is 5.91 Å². The Bertz CT molecular complexity index is 507. The van der Waals surface area contributed by atoms with E-state index in [9.17, 15) is 14.0 Å². The molecule has 1 aromatic carbocycles. The number of halogens is 1. The first-order valence-electron chi connectivity index (χ1n) is 6.68. The van der Waals surface area contributed by atoms with Gasteiger partial charge in [-0.3, -0.25) is 4.79 Å². The highest BCUT2D eigenvalue weighted by Gasteiger charge is 2.28. The third kappa shape index (κ3) is 3.26. The van der Waals surface area contributed by atoms with Crippen LogP contribution < -0.4 is 11.1 Å². The Morgan fingerprint density at radius 3 is 2.80 bits per heavy atom. The van der Waals surface area contributed by atoms with Gasteiger partial charge in [0.05, 0.1) is 5.56 Å². The summed E-state index contributed by atoms with van der Waals surface area (Å²) in [7, 11) is 0. The molecule has 3 N–H and O–H groups in total. The van der Waals surface area contributed by atoms with E-state index >= 15 is 0 Å². The summed E-state index contributed by atoms with van der Waals surface area (Å²) in [6.45, 7) is 0.869. The van der Waals surface area contributed by atoms with Crippen LogP contribution in [-0.2, 0) is 0 Å². The monoisotopic (exact) mass is 279 g/mol. The third-order valence-electron chi connectivity index (χ3n) is 3.50. The molecule has 0 radical (unpaired) electrons. The predicted molar refractivity (Wildman–Crippen MR) is 72.7 cm³/mol. The summed E-state index contributed by atoms with van der Waals surface area (Å²) in [5.41, 5.74) is 5.12. The third-order valence-corrected chi connectivity index (χ3v) is 3.50. The molecule has 1 aliphatic rings. The number of rotatable bonds is 3. The van der Waals surface area contributed by atoms with E-state index < -0.39 is 11.8 Å². The average Bonchev–Trinajstić information content (AvgIpc) is 2.45. The molecule has 5 nitrogen and oxygen atoms in total. The van der Waals surface area contributed by atoms with Crippen molar-refractivity contribution in [3.05, 3.63) is 35.6 Å². The van der Waals surface area contributed by atoms with Gasteiger partial charge in [0.1, 0.15) is 5.82 Å². The van der Waals surface area contributed by atoms with E-state index in [1.807, 2.05) is 0 Å². The minimum Gasteiger partial charge on any atom is -0.352 e. The largest absolute Gasteiger partial charge is 0.352 e. The van der Waals surface area contributed by atoms with Crippen LogP contribution >= 0.6 is 0 Å². The number of nitrogens with two attached hydrogens (primary N) is 1. The van der Waals surface area contributed by atoms with Crippen molar-refractivity contribution in [2.45, 2.75) is 25.3 Å². The lowest BCUT2D eigenvalue weighted by Crippen LogP contribution is -2.50. The van der Waals surface area contributed by atoms with Gasteiger partial charge in [0.2, 0.25) is 0 Å². The standard InChI is InChI=1S/C14H18FN3O2/c15-12-7-2-1-6-11(12)13(19)18-8-4-3-5-10(18)9-17-14(16)20/h1-2,6-7,10H,3-5,8-9H2,(H3,16,17,20). The molecule has 3 amide bonds. The molecule has 2 rings (SSSR count). The smallest absolute Gasteiger partial charge is 0.312 e. The Kier molecular flexibility index (Phi) is 4.55. The van der Waals surface area contributed by atoms with Crippen LogP contribution in [0.3, 0.4) is 0 Å². The van der Waals surface area contributed by atoms with E-state index in [4.69, 9.17) is 5.73 Å². The zero-order valence-electron chi connectivity index (χ0n) is 11.1. The number of urea groups is 1. The van der Waals surface area contributed by atoms with Gasteiger partial charge in [0.15, 0.2) is 0 Å². The van der Waals surface area contributed by atoms with Crippen molar-refractivity contribution in [1.29, 1.82) is 0 Å². The minimum absolute atomic E-state index is 0.0680. The molecule has 0 aromatic heterocycles. The maximum absolute atomic E-state index is 13.7. The van der Waals surface area contributed by atoms with Crippen molar-refractivity contribution in [2.24, 2.45) is 5.73 Å². The minimum atomic E-state index is -0.617. The van der Waals surface area contributed by atoms with Gasteiger partial charge in [-0.15, -0.1) is 0 Å². The van der Waals surface area contributed by atoms with Crippen LogP contribution in [0.2, 0.25) is 0 Å². The number of nitrogens with zero attached hydrogens (tertiary/aromatic N) is 1. The van der Waals surface area contributed by atoms with E-state index in [1.165, 1.54) is 12.1 Å².